The number of amides is 1. The average molecular weight is 393 g/mol. The Balaban J connectivity index is 1.54. The summed E-state index contributed by atoms with van der Waals surface area (Å²) in [6.45, 7) is 3.95. The van der Waals surface area contributed by atoms with Gasteiger partial charge in [0, 0.05) is 44.1 Å². The van der Waals surface area contributed by atoms with Crippen molar-refractivity contribution in [3.05, 3.63) is 54.1 Å². The van der Waals surface area contributed by atoms with Crippen LogP contribution < -0.4 is 19.9 Å². The lowest BCUT2D eigenvalue weighted by atomic mass is 10.1. The number of piperazine rings is 1. The van der Waals surface area contributed by atoms with Gasteiger partial charge in [-0.15, -0.1) is 0 Å². The molecule has 1 unspecified atom stereocenters. The molecule has 144 valence electrons. The molecule has 1 aliphatic heterocycles. The molecule has 1 saturated heterocycles. The molecule has 1 heterocycles. The first-order chi connectivity index (χ1) is 12.9. The molecule has 0 aromatic heterocycles. The van der Waals surface area contributed by atoms with E-state index in [0.717, 1.165) is 43.1 Å². The molecule has 1 amide bonds. The molecule has 0 spiro atoms. The zero-order chi connectivity index (χ0) is 19.3. The van der Waals surface area contributed by atoms with Crippen LogP contribution in [0.3, 0.4) is 0 Å². The lowest BCUT2D eigenvalue weighted by Crippen LogP contribution is -2.46. The summed E-state index contributed by atoms with van der Waals surface area (Å²) in [6.07, 6.45) is 0.693. The first kappa shape index (κ1) is 19.4. The van der Waals surface area contributed by atoms with Gasteiger partial charge in [-0.1, -0.05) is 12.1 Å². The third-order valence-corrected chi connectivity index (χ3v) is 4.54. The predicted molar refractivity (Wildman–Crippen MR) is 105 cm³/mol. The minimum absolute atomic E-state index is 0.140. The van der Waals surface area contributed by atoms with Crippen LogP contribution in [0.2, 0.25) is 0 Å². The van der Waals surface area contributed by atoms with E-state index in [2.05, 4.69) is 32.0 Å². The Bertz CT molecular complexity index is 743. The minimum atomic E-state index is -3.26. The maximum Gasteiger partial charge on any atom is 0.408 e. The number of anilines is 2. The number of ether oxygens (including phenoxy) is 1. The summed E-state index contributed by atoms with van der Waals surface area (Å²) < 4.78 is 30.3. The Morgan fingerprint density at radius 1 is 0.963 bits per heavy atom. The van der Waals surface area contributed by atoms with Crippen molar-refractivity contribution < 1.29 is 18.3 Å². The van der Waals surface area contributed by atoms with Gasteiger partial charge in [-0.05, 0) is 51.2 Å². The van der Waals surface area contributed by atoms with Crippen LogP contribution in [0.5, 0.6) is 5.75 Å². The first-order valence-electron chi connectivity index (χ1n) is 8.66. The molecule has 0 saturated carbocycles. The van der Waals surface area contributed by atoms with Crippen LogP contribution in [-0.4, -0.2) is 38.4 Å². The number of benzene rings is 2. The third kappa shape index (κ3) is 5.54. The highest BCUT2D eigenvalue weighted by Crippen LogP contribution is 2.29. The maximum atomic E-state index is 12.9. The molecule has 1 fully saturated rings. The van der Waals surface area contributed by atoms with Gasteiger partial charge in [0.15, 0.2) is 0 Å². The highest BCUT2D eigenvalue weighted by atomic mass is 31.0. The van der Waals surface area contributed by atoms with E-state index >= 15 is 0 Å². The van der Waals surface area contributed by atoms with Crippen LogP contribution in [0.15, 0.2) is 48.5 Å². The minimum Gasteiger partial charge on any atom is -0.430 e. The normalized spacial score (nSPS) is 14.8. The zero-order valence-electron chi connectivity index (χ0n) is 14.8. The Hall–Kier alpha value is -2.40. The van der Waals surface area contributed by atoms with Gasteiger partial charge >= 0.3 is 5.85 Å². The molecule has 1 aliphatic rings. The van der Waals surface area contributed by atoms with Crippen molar-refractivity contribution in [2.24, 2.45) is 0 Å². The Labute approximate surface area is 159 Å². The van der Waals surface area contributed by atoms with Crippen molar-refractivity contribution >= 4 is 27.0 Å². The summed E-state index contributed by atoms with van der Waals surface area (Å²) in [5, 5.41) is 2.65. The summed E-state index contributed by atoms with van der Waals surface area (Å²) in [5.41, 5.74) is 3.20. The second kappa shape index (κ2) is 8.53. The fraction of sp³-hybridized carbons (Fsp3) is 0.316. The first-order valence-corrected chi connectivity index (χ1v) is 9.24. The fourth-order valence-corrected chi connectivity index (χ4v) is 3.23. The van der Waals surface area contributed by atoms with Crippen LogP contribution in [-0.2, 0) is 11.3 Å². The van der Waals surface area contributed by atoms with Crippen molar-refractivity contribution in [2.75, 3.05) is 36.0 Å². The van der Waals surface area contributed by atoms with Crippen molar-refractivity contribution in [2.45, 2.75) is 12.4 Å². The quantitative estimate of drug-likeness (QED) is 0.580. The van der Waals surface area contributed by atoms with Gasteiger partial charge in [-0.3, -0.25) is 4.79 Å². The average Bonchev–Trinajstić information content (AvgIpc) is 2.66. The van der Waals surface area contributed by atoms with E-state index < -0.39 is 5.85 Å². The van der Waals surface area contributed by atoms with E-state index in [-0.39, 0.29) is 5.75 Å². The molecular weight excluding hydrogens is 371 g/mol. The molecule has 27 heavy (non-hydrogen) atoms. The summed E-state index contributed by atoms with van der Waals surface area (Å²) in [6, 6.07) is 14.9. The Morgan fingerprint density at radius 3 is 1.89 bits per heavy atom. The lowest BCUT2D eigenvalue weighted by Gasteiger charge is -2.37. The number of carbonyl (C=O) groups is 1. The largest absolute Gasteiger partial charge is 0.430 e. The highest BCUT2D eigenvalue weighted by Gasteiger charge is 2.23. The molecule has 1 N–H and O–H groups in total. The molecule has 0 bridgehead atoms. The van der Waals surface area contributed by atoms with Gasteiger partial charge in [-0.25, -0.2) is 0 Å². The summed E-state index contributed by atoms with van der Waals surface area (Å²) in [7, 11) is 1.37. The number of nitrogens with one attached hydrogen (secondary N) is 1. The van der Waals surface area contributed by atoms with Gasteiger partial charge in [-0.2, -0.15) is 8.78 Å². The SMILES string of the molecule is O=CNCc1ccc(N2CCN(c3ccc(OC(F)(F)P)cc3)CC2)cc1. The number of carbonyl (C=O) groups excluding carboxylic acids is 1. The number of nitrogens with zero attached hydrogens (tertiary/aromatic N) is 2. The fourth-order valence-electron chi connectivity index (χ4n) is 3.09. The lowest BCUT2D eigenvalue weighted by molar-refractivity contribution is -0.109. The molecule has 8 heteroatoms. The van der Waals surface area contributed by atoms with Crippen LogP contribution >= 0.6 is 9.24 Å². The van der Waals surface area contributed by atoms with Gasteiger partial charge < -0.3 is 19.9 Å². The van der Waals surface area contributed by atoms with Gasteiger partial charge in [0.25, 0.3) is 0 Å². The third-order valence-electron chi connectivity index (χ3n) is 4.43. The standard InChI is InChI=1S/C19H22F2N3O2P/c20-19(21,27)26-18-7-5-17(6-8-18)24-11-9-23(10-12-24)16-3-1-15(2-4-16)13-22-14-25/h1-8,14H,9-13,27H2,(H,22,25). The summed E-state index contributed by atoms with van der Waals surface area (Å²) in [5.74, 6) is -3.12. The maximum absolute atomic E-state index is 12.9. The van der Waals surface area contributed by atoms with E-state index in [0.29, 0.717) is 13.0 Å². The van der Waals surface area contributed by atoms with Gasteiger partial charge in [0.2, 0.25) is 6.41 Å². The molecule has 1 atom stereocenters. The molecular formula is C19H22F2N3O2P. The topological polar surface area (TPSA) is 44.8 Å². The number of hydrogen-bond acceptors (Lipinski definition) is 4. The van der Waals surface area contributed by atoms with E-state index in [9.17, 15) is 13.6 Å². The van der Waals surface area contributed by atoms with Crippen molar-refractivity contribution in [1.29, 1.82) is 0 Å². The number of alkyl halides is 2. The number of hydrogen-bond donors (Lipinski definition) is 1. The number of rotatable bonds is 7. The van der Waals surface area contributed by atoms with Crippen LogP contribution in [0.1, 0.15) is 5.56 Å². The van der Waals surface area contributed by atoms with Crippen LogP contribution in [0.4, 0.5) is 20.2 Å². The highest BCUT2D eigenvalue weighted by molar-refractivity contribution is 7.17. The van der Waals surface area contributed by atoms with Crippen molar-refractivity contribution in [3.8, 4) is 5.75 Å². The molecule has 0 aliphatic carbocycles. The zero-order valence-corrected chi connectivity index (χ0v) is 15.9. The Kier molecular flexibility index (Phi) is 6.11. The van der Waals surface area contributed by atoms with E-state index in [1.807, 2.05) is 12.1 Å². The molecule has 2 aromatic rings. The smallest absolute Gasteiger partial charge is 0.408 e. The Morgan fingerprint density at radius 2 is 1.44 bits per heavy atom. The second-order valence-electron chi connectivity index (χ2n) is 6.30. The molecule has 0 radical (unpaired) electrons. The van der Waals surface area contributed by atoms with Crippen molar-refractivity contribution in [1.82, 2.24) is 5.32 Å². The van der Waals surface area contributed by atoms with Gasteiger partial charge in [0.1, 0.15) is 5.75 Å². The van der Waals surface area contributed by atoms with Crippen molar-refractivity contribution in [3.63, 3.8) is 0 Å². The van der Waals surface area contributed by atoms with Crippen LogP contribution in [0, 0.1) is 0 Å². The van der Waals surface area contributed by atoms with Crippen LogP contribution in [0.25, 0.3) is 0 Å². The summed E-state index contributed by atoms with van der Waals surface area (Å²) >= 11 is 0. The second-order valence-corrected chi connectivity index (χ2v) is 6.97. The van der Waals surface area contributed by atoms with E-state index in [1.165, 1.54) is 9.24 Å². The molecule has 5 nitrogen and oxygen atoms in total. The molecule has 2 aromatic carbocycles. The van der Waals surface area contributed by atoms with Gasteiger partial charge in [0.05, 0.1) is 0 Å². The monoisotopic (exact) mass is 393 g/mol. The van der Waals surface area contributed by atoms with E-state index in [1.54, 1.807) is 24.3 Å². The van der Waals surface area contributed by atoms with E-state index in [4.69, 9.17) is 0 Å². The molecule has 3 rings (SSSR count). The number of halogens is 2. The summed E-state index contributed by atoms with van der Waals surface area (Å²) in [4.78, 5) is 14.9. The predicted octanol–water partition coefficient (Wildman–Crippen LogP) is 3.06.